The fourth-order valence-electron chi connectivity index (χ4n) is 3.04. The number of aliphatic hydroxyl groups excluding tert-OH is 1. The highest BCUT2D eigenvalue weighted by molar-refractivity contribution is 5.79. The van der Waals surface area contributed by atoms with E-state index in [0.29, 0.717) is 5.56 Å². The third kappa shape index (κ3) is 2.69. The first-order chi connectivity index (χ1) is 9.63. The maximum absolute atomic E-state index is 12.8. The monoisotopic (exact) mass is 279 g/mol. The van der Waals surface area contributed by atoms with Crippen LogP contribution in [-0.4, -0.2) is 29.8 Å². The molecule has 5 heteroatoms. The second-order valence-corrected chi connectivity index (χ2v) is 5.53. The molecule has 20 heavy (non-hydrogen) atoms. The van der Waals surface area contributed by atoms with Gasteiger partial charge in [0.05, 0.1) is 24.2 Å². The Labute approximate surface area is 116 Å². The molecule has 2 heterocycles. The minimum atomic E-state index is -0.820. The molecule has 1 aromatic rings. The Hall–Kier alpha value is -1.46. The minimum absolute atomic E-state index is 0.0444. The number of benzene rings is 1. The van der Waals surface area contributed by atoms with Crippen LogP contribution in [0.5, 0.6) is 0 Å². The molecular weight excluding hydrogens is 261 g/mol. The van der Waals surface area contributed by atoms with Crippen LogP contribution < -0.4 is 5.32 Å². The molecule has 0 aliphatic carbocycles. The fraction of sp³-hybridized carbons (Fsp3) is 0.533. The summed E-state index contributed by atoms with van der Waals surface area (Å²) in [5.74, 6) is -0.489. The first-order valence-corrected chi connectivity index (χ1v) is 7.00. The molecule has 1 amide bonds. The quantitative estimate of drug-likeness (QED) is 0.879. The topological polar surface area (TPSA) is 58.6 Å². The molecule has 2 aliphatic rings. The van der Waals surface area contributed by atoms with E-state index in [1.807, 2.05) is 0 Å². The first-order valence-electron chi connectivity index (χ1n) is 7.00. The number of hydrogen-bond donors (Lipinski definition) is 2. The van der Waals surface area contributed by atoms with Crippen molar-refractivity contribution >= 4 is 5.91 Å². The van der Waals surface area contributed by atoms with E-state index in [4.69, 9.17) is 4.74 Å². The van der Waals surface area contributed by atoms with Crippen LogP contribution in [0.15, 0.2) is 24.3 Å². The van der Waals surface area contributed by atoms with Gasteiger partial charge in [0, 0.05) is 6.54 Å². The summed E-state index contributed by atoms with van der Waals surface area (Å²) in [5.41, 5.74) is 0.593. The second-order valence-electron chi connectivity index (χ2n) is 5.53. The van der Waals surface area contributed by atoms with E-state index >= 15 is 0 Å². The lowest BCUT2D eigenvalue weighted by Crippen LogP contribution is -2.38. The summed E-state index contributed by atoms with van der Waals surface area (Å²) < 4.78 is 18.4. The number of aliphatic hydroxyl groups is 1. The van der Waals surface area contributed by atoms with E-state index in [9.17, 15) is 14.3 Å². The zero-order chi connectivity index (χ0) is 14.1. The molecule has 2 aliphatic heterocycles. The largest absolute Gasteiger partial charge is 0.387 e. The van der Waals surface area contributed by atoms with E-state index in [1.54, 1.807) is 0 Å². The Morgan fingerprint density at radius 1 is 1.40 bits per heavy atom. The van der Waals surface area contributed by atoms with Crippen LogP contribution in [0.4, 0.5) is 4.39 Å². The van der Waals surface area contributed by atoms with Gasteiger partial charge in [-0.3, -0.25) is 4.79 Å². The van der Waals surface area contributed by atoms with Crippen molar-refractivity contribution in [2.45, 2.75) is 37.6 Å². The summed E-state index contributed by atoms with van der Waals surface area (Å²) in [7, 11) is 0. The Bertz CT molecular complexity index is 490. The van der Waals surface area contributed by atoms with Gasteiger partial charge in [-0.2, -0.15) is 0 Å². The van der Waals surface area contributed by atoms with Gasteiger partial charge in [0.1, 0.15) is 5.82 Å². The molecule has 4 nitrogen and oxygen atoms in total. The lowest BCUT2D eigenvalue weighted by Gasteiger charge is -2.19. The van der Waals surface area contributed by atoms with Gasteiger partial charge >= 0.3 is 0 Å². The third-order valence-corrected chi connectivity index (χ3v) is 4.17. The number of hydrogen-bond acceptors (Lipinski definition) is 3. The molecule has 3 rings (SSSR count). The maximum atomic E-state index is 12.8. The number of carbonyl (C=O) groups is 1. The molecule has 2 saturated heterocycles. The van der Waals surface area contributed by atoms with Crippen molar-refractivity contribution in [1.82, 2.24) is 5.32 Å². The molecule has 108 valence electrons. The zero-order valence-electron chi connectivity index (χ0n) is 11.1. The second kappa shape index (κ2) is 5.50. The number of amides is 1. The molecule has 2 fully saturated rings. The summed E-state index contributed by atoms with van der Waals surface area (Å²) in [6, 6.07) is 5.63. The van der Waals surface area contributed by atoms with Gasteiger partial charge in [0.25, 0.3) is 0 Å². The van der Waals surface area contributed by atoms with Crippen LogP contribution in [0.25, 0.3) is 0 Å². The predicted molar refractivity (Wildman–Crippen MR) is 70.4 cm³/mol. The van der Waals surface area contributed by atoms with Gasteiger partial charge in [-0.15, -0.1) is 0 Å². The van der Waals surface area contributed by atoms with Crippen molar-refractivity contribution in [1.29, 1.82) is 0 Å². The molecular formula is C15H18FNO3. The molecule has 4 atom stereocenters. The Kier molecular flexibility index (Phi) is 3.72. The van der Waals surface area contributed by atoms with Crippen molar-refractivity contribution in [3.63, 3.8) is 0 Å². The standard InChI is InChI=1S/C15H18FNO3/c16-10-3-1-9(2-4-10)13(18)8-17-15(19)12-7-11-5-6-14(12)20-11/h1-4,11-14,18H,5-8H2,(H,17,19). The molecule has 0 radical (unpaired) electrons. The van der Waals surface area contributed by atoms with E-state index in [0.717, 1.165) is 19.3 Å². The molecule has 2 N–H and O–H groups in total. The van der Waals surface area contributed by atoms with Gasteiger partial charge in [-0.05, 0) is 37.0 Å². The Balaban J connectivity index is 1.51. The van der Waals surface area contributed by atoms with E-state index in [-0.39, 0.29) is 36.4 Å². The Morgan fingerprint density at radius 2 is 2.15 bits per heavy atom. The average Bonchev–Trinajstić information content (AvgIpc) is 3.08. The van der Waals surface area contributed by atoms with Crippen molar-refractivity contribution in [2.75, 3.05) is 6.54 Å². The maximum Gasteiger partial charge on any atom is 0.225 e. The number of halogens is 1. The smallest absolute Gasteiger partial charge is 0.225 e. The first kappa shape index (κ1) is 13.5. The minimum Gasteiger partial charge on any atom is -0.387 e. The van der Waals surface area contributed by atoms with Crippen molar-refractivity contribution < 1.29 is 19.0 Å². The fourth-order valence-corrected chi connectivity index (χ4v) is 3.04. The lowest BCUT2D eigenvalue weighted by atomic mass is 9.88. The molecule has 4 unspecified atom stereocenters. The van der Waals surface area contributed by atoms with Crippen molar-refractivity contribution in [3.8, 4) is 0 Å². The summed E-state index contributed by atoms with van der Waals surface area (Å²) in [4.78, 5) is 12.1. The predicted octanol–water partition coefficient (Wildman–Crippen LogP) is 1.54. The van der Waals surface area contributed by atoms with Crippen LogP contribution in [0.2, 0.25) is 0 Å². The van der Waals surface area contributed by atoms with Crippen molar-refractivity contribution in [2.24, 2.45) is 5.92 Å². The summed E-state index contributed by atoms with van der Waals surface area (Å²) in [6.07, 6.45) is 2.23. The van der Waals surface area contributed by atoms with Crippen molar-refractivity contribution in [3.05, 3.63) is 35.6 Å². The molecule has 0 aromatic heterocycles. The van der Waals surface area contributed by atoms with Gasteiger partial charge in [-0.1, -0.05) is 12.1 Å². The van der Waals surface area contributed by atoms with E-state index < -0.39 is 6.10 Å². The molecule has 0 saturated carbocycles. The summed E-state index contributed by atoms with van der Waals surface area (Å²) >= 11 is 0. The summed E-state index contributed by atoms with van der Waals surface area (Å²) in [5, 5.41) is 12.7. The summed E-state index contributed by atoms with van der Waals surface area (Å²) in [6.45, 7) is 0.137. The number of fused-ring (bicyclic) bond motifs is 2. The molecule has 2 bridgehead atoms. The highest BCUT2D eigenvalue weighted by atomic mass is 19.1. The van der Waals surface area contributed by atoms with Gasteiger partial charge in [0.15, 0.2) is 0 Å². The zero-order valence-corrected chi connectivity index (χ0v) is 11.1. The van der Waals surface area contributed by atoms with E-state index in [1.165, 1.54) is 24.3 Å². The van der Waals surface area contributed by atoms with Crippen LogP contribution >= 0.6 is 0 Å². The van der Waals surface area contributed by atoms with E-state index in [2.05, 4.69) is 5.32 Å². The molecule has 0 spiro atoms. The van der Waals surface area contributed by atoms with Gasteiger partial charge in [-0.25, -0.2) is 4.39 Å². The van der Waals surface area contributed by atoms with Crippen LogP contribution in [0, 0.1) is 11.7 Å². The van der Waals surface area contributed by atoms with Crippen LogP contribution in [0.1, 0.15) is 30.9 Å². The third-order valence-electron chi connectivity index (χ3n) is 4.17. The number of ether oxygens (including phenoxy) is 1. The average molecular weight is 279 g/mol. The van der Waals surface area contributed by atoms with Gasteiger partial charge < -0.3 is 15.2 Å². The normalized spacial score (nSPS) is 29.4. The highest BCUT2D eigenvalue weighted by Gasteiger charge is 2.44. The lowest BCUT2D eigenvalue weighted by molar-refractivity contribution is -0.127. The highest BCUT2D eigenvalue weighted by Crippen LogP contribution is 2.38. The Morgan fingerprint density at radius 3 is 2.75 bits per heavy atom. The van der Waals surface area contributed by atoms with Gasteiger partial charge in [0.2, 0.25) is 5.91 Å². The number of carbonyl (C=O) groups excluding carboxylic acids is 1. The van der Waals surface area contributed by atoms with Crippen LogP contribution in [0.3, 0.4) is 0 Å². The SMILES string of the molecule is O=C(NCC(O)c1ccc(F)cc1)C1CC2CCC1O2. The molecule has 1 aromatic carbocycles. The number of rotatable bonds is 4. The van der Waals surface area contributed by atoms with Crippen LogP contribution in [-0.2, 0) is 9.53 Å². The number of nitrogens with one attached hydrogen (secondary N) is 1.